The van der Waals surface area contributed by atoms with Gasteiger partial charge in [-0.25, -0.2) is 0 Å². The molecule has 0 bridgehead atoms. The summed E-state index contributed by atoms with van der Waals surface area (Å²) in [5, 5.41) is 3.95. The minimum absolute atomic E-state index is 0.160. The first-order valence-electron chi connectivity index (χ1n) is 5.24. The Balaban J connectivity index is 1.94. The maximum Gasteiger partial charge on any atom is 0.308 e. The molecule has 0 radical (unpaired) electrons. The van der Waals surface area contributed by atoms with Crippen LogP contribution in [0.1, 0.15) is 37.1 Å². The van der Waals surface area contributed by atoms with Crippen LogP contribution in [0.3, 0.4) is 0 Å². The van der Waals surface area contributed by atoms with E-state index in [4.69, 9.17) is 4.52 Å². The number of hydrogen-bond acceptors (Lipinski definition) is 4. The molecule has 0 amide bonds. The van der Waals surface area contributed by atoms with Gasteiger partial charge in [-0.05, 0) is 12.8 Å². The number of carbonyl (C=O) groups is 1. The molecule has 1 fully saturated rings. The van der Waals surface area contributed by atoms with E-state index in [1.165, 1.54) is 20.0 Å². The van der Waals surface area contributed by atoms with Gasteiger partial charge in [-0.1, -0.05) is 12.1 Å². The SMILES string of the molecule is COC(=O)C(C)Cc1cc(C2CC2)on1. The standard InChI is InChI=1S/C11H15NO3/c1-7(11(13)14-2)5-9-6-10(15-12-9)8-3-4-8/h6-8H,3-5H2,1-2H3. The number of rotatable bonds is 4. The lowest BCUT2D eigenvalue weighted by molar-refractivity contribution is -0.144. The average Bonchev–Trinajstić information content (AvgIpc) is 2.99. The van der Waals surface area contributed by atoms with Gasteiger partial charge < -0.3 is 9.26 Å². The highest BCUT2D eigenvalue weighted by Gasteiger charge is 2.28. The van der Waals surface area contributed by atoms with E-state index in [0.29, 0.717) is 12.3 Å². The van der Waals surface area contributed by atoms with Crippen molar-refractivity contribution in [1.82, 2.24) is 5.16 Å². The molecule has 0 aliphatic heterocycles. The van der Waals surface area contributed by atoms with Gasteiger partial charge >= 0.3 is 5.97 Å². The molecular formula is C11H15NO3. The molecule has 0 spiro atoms. The largest absolute Gasteiger partial charge is 0.469 e. The van der Waals surface area contributed by atoms with Crippen molar-refractivity contribution in [3.8, 4) is 0 Å². The first kappa shape index (κ1) is 10.2. The third-order valence-electron chi connectivity index (χ3n) is 2.68. The lowest BCUT2D eigenvalue weighted by Crippen LogP contribution is -2.15. The molecule has 0 N–H and O–H groups in total. The highest BCUT2D eigenvalue weighted by atomic mass is 16.5. The third kappa shape index (κ3) is 2.37. The van der Waals surface area contributed by atoms with Crippen LogP contribution in [0.5, 0.6) is 0 Å². The maximum absolute atomic E-state index is 11.2. The maximum atomic E-state index is 11.2. The number of esters is 1. The molecule has 1 aliphatic rings. The summed E-state index contributed by atoms with van der Waals surface area (Å²) in [6.07, 6.45) is 2.98. The van der Waals surface area contributed by atoms with Crippen molar-refractivity contribution in [1.29, 1.82) is 0 Å². The van der Waals surface area contributed by atoms with Gasteiger partial charge in [0, 0.05) is 18.4 Å². The van der Waals surface area contributed by atoms with Crippen molar-refractivity contribution in [3.63, 3.8) is 0 Å². The molecule has 0 aromatic carbocycles. The Hall–Kier alpha value is -1.32. The van der Waals surface area contributed by atoms with Gasteiger partial charge in [-0.3, -0.25) is 4.79 Å². The predicted octanol–water partition coefficient (Wildman–Crippen LogP) is 1.90. The molecule has 0 saturated heterocycles. The Morgan fingerprint density at radius 3 is 3.07 bits per heavy atom. The molecule has 1 unspecified atom stereocenters. The highest BCUT2D eigenvalue weighted by molar-refractivity contribution is 5.72. The van der Waals surface area contributed by atoms with Gasteiger partial charge in [0.15, 0.2) is 0 Å². The van der Waals surface area contributed by atoms with Gasteiger partial charge in [0.2, 0.25) is 0 Å². The van der Waals surface area contributed by atoms with Crippen LogP contribution in [0.2, 0.25) is 0 Å². The van der Waals surface area contributed by atoms with Crippen molar-refractivity contribution >= 4 is 5.97 Å². The monoisotopic (exact) mass is 209 g/mol. The van der Waals surface area contributed by atoms with Gasteiger partial charge in [-0.2, -0.15) is 0 Å². The van der Waals surface area contributed by atoms with Crippen molar-refractivity contribution in [2.75, 3.05) is 7.11 Å². The van der Waals surface area contributed by atoms with E-state index in [9.17, 15) is 4.79 Å². The molecule has 1 heterocycles. The molecule has 82 valence electrons. The van der Waals surface area contributed by atoms with Crippen LogP contribution < -0.4 is 0 Å². The summed E-state index contributed by atoms with van der Waals surface area (Å²) in [6.45, 7) is 1.83. The third-order valence-corrected chi connectivity index (χ3v) is 2.68. The van der Waals surface area contributed by atoms with Crippen LogP contribution >= 0.6 is 0 Å². The number of ether oxygens (including phenoxy) is 1. The second-order valence-corrected chi connectivity index (χ2v) is 4.12. The molecule has 1 aromatic heterocycles. The topological polar surface area (TPSA) is 52.3 Å². The van der Waals surface area contributed by atoms with E-state index >= 15 is 0 Å². The van der Waals surface area contributed by atoms with Crippen LogP contribution in [0.15, 0.2) is 10.6 Å². The average molecular weight is 209 g/mol. The molecule has 1 aromatic rings. The van der Waals surface area contributed by atoms with Crippen LogP contribution in [0.25, 0.3) is 0 Å². The molecule has 1 aliphatic carbocycles. The summed E-state index contributed by atoms with van der Waals surface area (Å²) >= 11 is 0. The molecular weight excluding hydrogens is 194 g/mol. The van der Waals surface area contributed by atoms with Crippen LogP contribution in [0.4, 0.5) is 0 Å². The summed E-state index contributed by atoms with van der Waals surface area (Å²) < 4.78 is 9.85. The zero-order valence-electron chi connectivity index (χ0n) is 9.03. The van der Waals surface area contributed by atoms with Gasteiger partial charge in [0.05, 0.1) is 18.7 Å². The van der Waals surface area contributed by atoms with Gasteiger partial charge in [-0.15, -0.1) is 0 Å². The first-order chi connectivity index (χ1) is 7.20. The number of nitrogens with zero attached hydrogens (tertiary/aromatic N) is 1. The summed E-state index contributed by atoms with van der Waals surface area (Å²) in [5.41, 5.74) is 0.842. The first-order valence-corrected chi connectivity index (χ1v) is 5.24. The normalized spacial score (nSPS) is 17.5. The molecule has 15 heavy (non-hydrogen) atoms. The van der Waals surface area contributed by atoms with Crippen LogP contribution in [-0.2, 0) is 16.0 Å². The van der Waals surface area contributed by atoms with Crippen molar-refractivity contribution in [2.24, 2.45) is 5.92 Å². The Morgan fingerprint density at radius 2 is 2.47 bits per heavy atom. The molecule has 4 nitrogen and oxygen atoms in total. The van der Waals surface area contributed by atoms with E-state index in [2.05, 4.69) is 9.89 Å². The van der Waals surface area contributed by atoms with E-state index < -0.39 is 0 Å². The smallest absolute Gasteiger partial charge is 0.308 e. The Bertz CT molecular complexity index is 354. The molecule has 4 heteroatoms. The fraction of sp³-hybridized carbons (Fsp3) is 0.636. The number of hydrogen-bond donors (Lipinski definition) is 0. The number of methoxy groups -OCH3 is 1. The zero-order chi connectivity index (χ0) is 10.8. The quantitative estimate of drug-likeness (QED) is 0.711. The van der Waals surface area contributed by atoms with E-state index in [0.717, 1.165) is 11.5 Å². The number of aromatic nitrogens is 1. The van der Waals surface area contributed by atoms with Gasteiger partial charge in [0.1, 0.15) is 5.76 Å². The second-order valence-electron chi connectivity index (χ2n) is 4.12. The van der Waals surface area contributed by atoms with E-state index in [-0.39, 0.29) is 11.9 Å². The zero-order valence-corrected chi connectivity index (χ0v) is 9.03. The van der Waals surface area contributed by atoms with Crippen molar-refractivity contribution < 1.29 is 14.1 Å². The van der Waals surface area contributed by atoms with Gasteiger partial charge in [0.25, 0.3) is 0 Å². The molecule has 1 atom stereocenters. The lowest BCUT2D eigenvalue weighted by atomic mass is 10.1. The molecule has 2 rings (SSSR count). The summed E-state index contributed by atoms with van der Waals surface area (Å²) in [7, 11) is 1.40. The fourth-order valence-electron chi connectivity index (χ4n) is 1.58. The van der Waals surface area contributed by atoms with Crippen molar-refractivity contribution in [2.45, 2.75) is 32.1 Å². The summed E-state index contributed by atoms with van der Waals surface area (Å²) in [5.74, 6) is 1.17. The van der Waals surface area contributed by atoms with Crippen LogP contribution in [0, 0.1) is 5.92 Å². The van der Waals surface area contributed by atoms with Crippen molar-refractivity contribution in [3.05, 3.63) is 17.5 Å². The summed E-state index contributed by atoms with van der Waals surface area (Å²) in [6, 6.07) is 1.96. The Kier molecular flexibility index (Phi) is 2.75. The Labute approximate surface area is 88.6 Å². The highest BCUT2D eigenvalue weighted by Crippen LogP contribution is 2.40. The van der Waals surface area contributed by atoms with E-state index in [1.807, 2.05) is 13.0 Å². The lowest BCUT2D eigenvalue weighted by Gasteiger charge is -2.05. The minimum Gasteiger partial charge on any atom is -0.469 e. The molecule has 1 saturated carbocycles. The second kappa shape index (κ2) is 4.04. The number of carbonyl (C=O) groups excluding carboxylic acids is 1. The van der Waals surface area contributed by atoms with E-state index in [1.54, 1.807) is 0 Å². The minimum atomic E-state index is -0.203. The van der Waals surface area contributed by atoms with Crippen LogP contribution in [-0.4, -0.2) is 18.2 Å². The Morgan fingerprint density at radius 1 is 1.73 bits per heavy atom. The summed E-state index contributed by atoms with van der Waals surface area (Å²) in [4.78, 5) is 11.2. The predicted molar refractivity (Wildman–Crippen MR) is 53.4 cm³/mol. The fourth-order valence-corrected chi connectivity index (χ4v) is 1.58.